The lowest BCUT2D eigenvalue weighted by atomic mass is 10.1. The highest BCUT2D eigenvalue weighted by Gasteiger charge is 2.28. The van der Waals surface area contributed by atoms with Crippen LogP contribution in [0, 0.1) is 11.7 Å². The average Bonchev–Trinajstić information content (AvgIpc) is 2.94. The van der Waals surface area contributed by atoms with E-state index in [2.05, 4.69) is 9.55 Å². The molecule has 2 aromatic heterocycles. The van der Waals surface area contributed by atoms with Crippen LogP contribution in [-0.4, -0.2) is 41.2 Å². The molecule has 0 aromatic carbocycles. The molecule has 3 rings (SSSR count). The maximum Gasteiger partial charge on any atom is 0.250 e. The molecule has 0 saturated heterocycles. The van der Waals surface area contributed by atoms with E-state index in [4.69, 9.17) is 4.74 Å². The molecule has 25 heavy (non-hydrogen) atoms. The summed E-state index contributed by atoms with van der Waals surface area (Å²) in [6.45, 7) is 3.48. The van der Waals surface area contributed by atoms with Crippen molar-refractivity contribution < 1.29 is 17.5 Å². The molecule has 0 N–H and O–H groups in total. The molecule has 136 valence electrons. The van der Waals surface area contributed by atoms with Crippen LogP contribution >= 0.6 is 0 Å². The summed E-state index contributed by atoms with van der Waals surface area (Å²) >= 11 is 0. The third-order valence-electron chi connectivity index (χ3n) is 4.43. The SMILES string of the molecule is CCS(=O)(=O)N1Cc2cccn2C[C@@H](CCOc2ncccc2F)C1. The van der Waals surface area contributed by atoms with E-state index in [1.54, 1.807) is 6.92 Å². The fourth-order valence-electron chi connectivity index (χ4n) is 3.02. The van der Waals surface area contributed by atoms with E-state index in [0.717, 1.165) is 5.69 Å². The summed E-state index contributed by atoms with van der Waals surface area (Å²) in [6.07, 6.45) is 4.05. The van der Waals surface area contributed by atoms with E-state index in [-0.39, 0.29) is 24.2 Å². The van der Waals surface area contributed by atoms with Gasteiger partial charge >= 0.3 is 0 Å². The molecule has 1 aliphatic heterocycles. The van der Waals surface area contributed by atoms with Gasteiger partial charge in [0.05, 0.1) is 18.9 Å². The van der Waals surface area contributed by atoms with E-state index < -0.39 is 15.8 Å². The number of ether oxygens (including phenoxy) is 1. The van der Waals surface area contributed by atoms with Gasteiger partial charge in [0.15, 0.2) is 5.82 Å². The van der Waals surface area contributed by atoms with Crippen molar-refractivity contribution in [1.29, 1.82) is 0 Å². The topological polar surface area (TPSA) is 64.4 Å². The zero-order valence-electron chi connectivity index (χ0n) is 14.1. The van der Waals surface area contributed by atoms with Crippen LogP contribution in [0.25, 0.3) is 0 Å². The summed E-state index contributed by atoms with van der Waals surface area (Å²) < 4.78 is 47.3. The van der Waals surface area contributed by atoms with Crippen LogP contribution in [0.3, 0.4) is 0 Å². The van der Waals surface area contributed by atoms with Gasteiger partial charge in [0, 0.05) is 31.2 Å². The zero-order valence-corrected chi connectivity index (χ0v) is 15.0. The average molecular weight is 367 g/mol. The maximum atomic E-state index is 13.6. The molecule has 1 aliphatic rings. The van der Waals surface area contributed by atoms with Gasteiger partial charge < -0.3 is 9.30 Å². The second kappa shape index (κ2) is 7.53. The van der Waals surface area contributed by atoms with Gasteiger partial charge in [0.2, 0.25) is 15.9 Å². The Bertz CT molecular complexity index is 822. The van der Waals surface area contributed by atoms with Crippen molar-refractivity contribution >= 4 is 10.0 Å². The number of nitrogens with zero attached hydrogens (tertiary/aromatic N) is 3. The van der Waals surface area contributed by atoms with Crippen molar-refractivity contribution in [3.8, 4) is 5.88 Å². The molecule has 0 radical (unpaired) electrons. The first kappa shape index (κ1) is 17.9. The second-order valence-electron chi connectivity index (χ2n) is 6.14. The van der Waals surface area contributed by atoms with Gasteiger partial charge in [-0.15, -0.1) is 0 Å². The normalized spacial score (nSPS) is 18.6. The van der Waals surface area contributed by atoms with Crippen molar-refractivity contribution in [1.82, 2.24) is 13.9 Å². The van der Waals surface area contributed by atoms with Crippen molar-refractivity contribution in [2.24, 2.45) is 5.92 Å². The predicted octanol–water partition coefficient (Wildman–Crippen LogP) is 2.27. The van der Waals surface area contributed by atoms with Gasteiger partial charge in [0.1, 0.15) is 0 Å². The molecule has 0 aliphatic carbocycles. The monoisotopic (exact) mass is 367 g/mol. The van der Waals surface area contributed by atoms with E-state index in [9.17, 15) is 12.8 Å². The van der Waals surface area contributed by atoms with Crippen LogP contribution < -0.4 is 4.74 Å². The Hall–Kier alpha value is -1.93. The van der Waals surface area contributed by atoms with Gasteiger partial charge in [-0.1, -0.05) is 0 Å². The standard InChI is InChI=1S/C17H22FN3O3S/c1-2-25(22,23)21-12-14(11-20-9-4-5-15(20)13-21)7-10-24-17-16(18)6-3-8-19-17/h3-6,8-9,14H,2,7,10-13H2,1H3/t14-/m1/s1. The smallest absolute Gasteiger partial charge is 0.250 e. The van der Waals surface area contributed by atoms with Crippen LogP contribution in [0.1, 0.15) is 19.0 Å². The lowest BCUT2D eigenvalue weighted by molar-refractivity contribution is 0.234. The Balaban J connectivity index is 1.69. The third-order valence-corrected chi connectivity index (χ3v) is 6.22. The Morgan fingerprint density at radius 2 is 2.16 bits per heavy atom. The quantitative estimate of drug-likeness (QED) is 0.786. The highest BCUT2D eigenvalue weighted by molar-refractivity contribution is 7.89. The summed E-state index contributed by atoms with van der Waals surface area (Å²) in [4.78, 5) is 3.87. The van der Waals surface area contributed by atoms with Gasteiger partial charge in [-0.3, -0.25) is 0 Å². The molecule has 0 bridgehead atoms. The van der Waals surface area contributed by atoms with Crippen LogP contribution in [0.15, 0.2) is 36.7 Å². The van der Waals surface area contributed by atoms with Crippen LogP contribution in [0.4, 0.5) is 4.39 Å². The minimum Gasteiger partial charge on any atom is -0.476 e. The Morgan fingerprint density at radius 3 is 2.92 bits per heavy atom. The summed E-state index contributed by atoms with van der Waals surface area (Å²) in [6, 6.07) is 6.68. The molecule has 2 aromatic rings. The molecule has 1 atom stereocenters. The number of halogens is 1. The number of aromatic nitrogens is 2. The first-order chi connectivity index (χ1) is 12.0. The highest BCUT2D eigenvalue weighted by atomic mass is 32.2. The van der Waals surface area contributed by atoms with Crippen molar-refractivity contribution in [3.05, 3.63) is 48.2 Å². The molecule has 8 heteroatoms. The van der Waals surface area contributed by atoms with Gasteiger partial charge in [0.25, 0.3) is 0 Å². The summed E-state index contributed by atoms with van der Waals surface area (Å²) in [5.74, 6) is -0.348. The molecule has 0 saturated carbocycles. The molecule has 3 heterocycles. The molecular weight excluding hydrogens is 345 g/mol. The fourth-order valence-corrected chi connectivity index (χ4v) is 4.15. The van der Waals surface area contributed by atoms with E-state index in [0.29, 0.717) is 26.1 Å². The second-order valence-corrected chi connectivity index (χ2v) is 8.40. The summed E-state index contributed by atoms with van der Waals surface area (Å²) in [5.41, 5.74) is 0.983. The van der Waals surface area contributed by atoms with Gasteiger partial charge in [-0.2, -0.15) is 4.31 Å². The number of hydrogen-bond donors (Lipinski definition) is 0. The number of sulfonamides is 1. The molecule has 0 spiro atoms. The van der Waals surface area contributed by atoms with Crippen molar-refractivity contribution in [3.63, 3.8) is 0 Å². The molecule has 0 amide bonds. The molecular formula is C17H22FN3O3S. The summed E-state index contributed by atoms with van der Waals surface area (Å²) in [5, 5.41) is 0. The molecule has 6 nitrogen and oxygen atoms in total. The number of fused-ring (bicyclic) bond motifs is 1. The summed E-state index contributed by atoms with van der Waals surface area (Å²) in [7, 11) is -3.28. The van der Waals surface area contributed by atoms with Gasteiger partial charge in [-0.25, -0.2) is 17.8 Å². The predicted molar refractivity (Wildman–Crippen MR) is 92.1 cm³/mol. The van der Waals surface area contributed by atoms with E-state index >= 15 is 0 Å². The first-order valence-corrected chi connectivity index (χ1v) is 9.95. The largest absolute Gasteiger partial charge is 0.476 e. The lowest BCUT2D eigenvalue weighted by Crippen LogP contribution is -2.35. The lowest BCUT2D eigenvalue weighted by Gasteiger charge is -2.23. The Morgan fingerprint density at radius 1 is 1.32 bits per heavy atom. The molecule has 0 unspecified atom stereocenters. The van der Waals surface area contributed by atoms with Crippen molar-refractivity contribution in [2.45, 2.75) is 26.4 Å². The zero-order chi connectivity index (χ0) is 17.9. The van der Waals surface area contributed by atoms with Crippen LogP contribution in [0.2, 0.25) is 0 Å². The van der Waals surface area contributed by atoms with Crippen molar-refractivity contribution in [2.75, 3.05) is 18.9 Å². The third kappa shape index (κ3) is 4.19. The van der Waals surface area contributed by atoms with Crippen LogP contribution in [-0.2, 0) is 23.1 Å². The Kier molecular flexibility index (Phi) is 5.39. The van der Waals surface area contributed by atoms with Crippen LogP contribution in [0.5, 0.6) is 5.88 Å². The minimum atomic E-state index is -3.28. The Labute approximate surface area is 147 Å². The highest BCUT2D eigenvalue weighted by Crippen LogP contribution is 2.22. The van der Waals surface area contributed by atoms with E-state index in [1.807, 2.05) is 18.3 Å². The fraction of sp³-hybridized carbons (Fsp3) is 0.471. The number of pyridine rings is 1. The number of hydrogen-bond acceptors (Lipinski definition) is 4. The number of rotatable bonds is 6. The van der Waals surface area contributed by atoms with E-state index in [1.165, 1.54) is 22.6 Å². The molecule has 0 fully saturated rings. The maximum absolute atomic E-state index is 13.6. The van der Waals surface area contributed by atoms with Gasteiger partial charge in [-0.05, 0) is 43.5 Å². The minimum absolute atomic E-state index is 0.0178. The first-order valence-electron chi connectivity index (χ1n) is 8.34.